The lowest BCUT2D eigenvalue weighted by Gasteiger charge is -1.98. The molecule has 0 aromatic carbocycles. The molecule has 0 spiro atoms. The quantitative estimate of drug-likeness (QED) is 0.660. The molecular weight excluding hydrogens is 235 g/mol. The van der Waals surface area contributed by atoms with Gasteiger partial charge in [0.15, 0.2) is 0 Å². The highest BCUT2D eigenvalue weighted by Crippen LogP contribution is 2.06. The van der Waals surface area contributed by atoms with Crippen molar-refractivity contribution in [1.29, 1.82) is 0 Å². The van der Waals surface area contributed by atoms with Gasteiger partial charge in [0.1, 0.15) is 11.5 Å². The molecule has 1 N–H and O–H groups in total. The van der Waals surface area contributed by atoms with E-state index in [4.69, 9.17) is 0 Å². The second-order valence-electron chi connectivity index (χ2n) is 3.30. The second kappa shape index (κ2) is 5.62. The fourth-order valence-electron chi connectivity index (χ4n) is 1.18. The molecule has 0 bridgehead atoms. The molecule has 0 radical (unpaired) electrons. The monoisotopic (exact) mass is 244 g/mol. The summed E-state index contributed by atoms with van der Waals surface area (Å²) in [6.45, 7) is 0. The Labute approximate surface area is 102 Å². The van der Waals surface area contributed by atoms with E-state index in [0.29, 0.717) is 5.69 Å². The lowest BCUT2D eigenvalue weighted by atomic mass is 10.3. The van der Waals surface area contributed by atoms with Gasteiger partial charge in [-0.25, -0.2) is 14.4 Å². The molecule has 0 unspecified atom stereocenters. The van der Waals surface area contributed by atoms with Gasteiger partial charge in [-0.05, 0) is 24.3 Å². The minimum Gasteiger partial charge on any atom is -0.311 e. The minimum atomic E-state index is -0.489. The topological polar surface area (TPSA) is 67.2 Å². The van der Waals surface area contributed by atoms with Crippen molar-refractivity contribution in [2.75, 3.05) is 0 Å². The van der Waals surface area contributed by atoms with Crippen LogP contribution >= 0.6 is 0 Å². The van der Waals surface area contributed by atoms with Gasteiger partial charge >= 0.3 is 0 Å². The standard InChI is InChI=1S/C12H9FN4O/c13-9-1-2-11(15-7-9)12(18)17-8-16-10-3-5-14-6-4-10/h1-8H,(H,14,16,17,18). The van der Waals surface area contributed by atoms with Crippen LogP contribution in [-0.2, 0) is 0 Å². The molecule has 1 amide bonds. The van der Waals surface area contributed by atoms with E-state index in [2.05, 4.69) is 20.3 Å². The highest BCUT2D eigenvalue weighted by atomic mass is 19.1. The van der Waals surface area contributed by atoms with E-state index in [1.807, 2.05) is 0 Å². The van der Waals surface area contributed by atoms with Crippen molar-refractivity contribution < 1.29 is 9.18 Å². The van der Waals surface area contributed by atoms with Gasteiger partial charge < -0.3 is 5.32 Å². The molecule has 6 heteroatoms. The van der Waals surface area contributed by atoms with E-state index >= 15 is 0 Å². The molecule has 18 heavy (non-hydrogen) atoms. The fourth-order valence-corrected chi connectivity index (χ4v) is 1.18. The van der Waals surface area contributed by atoms with Crippen molar-refractivity contribution in [3.8, 4) is 0 Å². The molecule has 2 rings (SSSR count). The zero-order valence-electron chi connectivity index (χ0n) is 9.25. The van der Waals surface area contributed by atoms with Crippen molar-refractivity contribution in [2.45, 2.75) is 0 Å². The van der Waals surface area contributed by atoms with E-state index < -0.39 is 11.7 Å². The highest BCUT2D eigenvalue weighted by molar-refractivity contribution is 5.99. The van der Waals surface area contributed by atoms with Crippen LogP contribution in [0.15, 0.2) is 47.8 Å². The molecule has 0 atom stereocenters. The molecule has 0 aliphatic carbocycles. The first-order chi connectivity index (χ1) is 8.75. The van der Waals surface area contributed by atoms with E-state index in [9.17, 15) is 9.18 Å². The Morgan fingerprint density at radius 3 is 2.72 bits per heavy atom. The van der Waals surface area contributed by atoms with E-state index in [0.717, 1.165) is 6.20 Å². The predicted molar refractivity (Wildman–Crippen MR) is 64.1 cm³/mol. The summed E-state index contributed by atoms with van der Waals surface area (Å²) in [5.74, 6) is -0.940. The fraction of sp³-hybridized carbons (Fsp3) is 0. The molecule has 2 aromatic heterocycles. The Morgan fingerprint density at radius 1 is 1.28 bits per heavy atom. The number of halogens is 1. The summed E-state index contributed by atoms with van der Waals surface area (Å²) in [5, 5.41) is 2.43. The first-order valence-corrected chi connectivity index (χ1v) is 5.11. The van der Waals surface area contributed by atoms with E-state index in [1.54, 1.807) is 24.5 Å². The third-order valence-corrected chi connectivity index (χ3v) is 2.03. The molecule has 0 saturated heterocycles. The zero-order chi connectivity index (χ0) is 12.8. The molecule has 2 aromatic rings. The maximum atomic E-state index is 12.6. The number of hydrogen-bond donors (Lipinski definition) is 1. The van der Waals surface area contributed by atoms with Crippen LogP contribution in [0, 0.1) is 5.82 Å². The molecule has 0 aliphatic heterocycles. The van der Waals surface area contributed by atoms with Gasteiger partial charge in [-0.1, -0.05) is 0 Å². The van der Waals surface area contributed by atoms with Gasteiger partial charge in [-0.2, -0.15) is 0 Å². The third-order valence-electron chi connectivity index (χ3n) is 2.03. The van der Waals surface area contributed by atoms with Gasteiger partial charge in [-0.15, -0.1) is 0 Å². The summed E-state index contributed by atoms with van der Waals surface area (Å²) in [7, 11) is 0. The lowest BCUT2D eigenvalue weighted by Crippen LogP contribution is -2.22. The van der Waals surface area contributed by atoms with Crippen LogP contribution in [0.2, 0.25) is 0 Å². The molecular formula is C12H9FN4O. The molecule has 90 valence electrons. The van der Waals surface area contributed by atoms with E-state index in [1.165, 1.54) is 18.5 Å². The summed E-state index contributed by atoms with van der Waals surface area (Å²) >= 11 is 0. The van der Waals surface area contributed by atoms with Crippen LogP contribution in [0.4, 0.5) is 10.1 Å². The summed E-state index contributed by atoms with van der Waals surface area (Å²) in [6, 6.07) is 5.85. The second-order valence-corrected chi connectivity index (χ2v) is 3.30. The largest absolute Gasteiger partial charge is 0.311 e. The number of aromatic nitrogens is 2. The van der Waals surface area contributed by atoms with Crippen LogP contribution in [0.5, 0.6) is 0 Å². The van der Waals surface area contributed by atoms with Gasteiger partial charge in [0, 0.05) is 12.4 Å². The van der Waals surface area contributed by atoms with Crippen LogP contribution < -0.4 is 5.32 Å². The summed E-state index contributed by atoms with van der Waals surface area (Å²) < 4.78 is 12.6. The van der Waals surface area contributed by atoms with Gasteiger partial charge in [0.05, 0.1) is 18.2 Å². The van der Waals surface area contributed by atoms with Crippen molar-refractivity contribution in [3.05, 3.63) is 54.4 Å². The molecule has 0 aliphatic rings. The van der Waals surface area contributed by atoms with E-state index in [-0.39, 0.29) is 5.69 Å². The summed E-state index contributed by atoms with van der Waals surface area (Å²) in [5.41, 5.74) is 0.787. The van der Waals surface area contributed by atoms with Crippen LogP contribution in [0.25, 0.3) is 0 Å². The maximum Gasteiger partial charge on any atom is 0.274 e. The van der Waals surface area contributed by atoms with Crippen LogP contribution in [-0.4, -0.2) is 22.2 Å². The SMILES string of the molecule is O=C(NC=Nc1ccncc1)c1ccc(F)cn1. The Balaban J connectivity index is 1.96. The Morgan fingerprint density at radius 2 is 2.06 bits per heavy atom. The first-order valence-electron chi connectivity index (χ1n) is 5.11. The molecule has 5 nitrogen and oxygen atoms in total. The Hall–Kier alpha value is -2.63. The lowest BCUT2D eigenvalue weighted by molar-refractivity contribution is 0.0973. The highest BCUT2D eigenvalue weighted by Gasteiger charge is 2.04. The number of nitrogens with one attached hydrogen (secondary N) is 1. The number of nitrogens with zero attached hydrogens (tertiary/aromatic N) is 3. The predicted octanol–water partition coefficient (Wildman–Crippen LogP) is 1.71. The van der Waals surface area contributed by atoms with Crippen molar-refractivity contribution >= 4 is 17.9 Å². The summed E-state index contributed by atoms with van der Waals surface area (Å²) in [6.07, 6.45) is 5.42. The van der Waals surface area contributed by atoms with Crippen LogP contribution in [0.1, 0.15) is 10.5 Å². The number of carbonyl (C=O) groups excluding carboxylic acids is 1. The number of rotatable bonds is 3. The molecule has 2 heterocycles. The minimum absolute atomic E-state index is 0.123. The smallest absolute Gasteiger partial charge is 0.274 e. The number of pyridine rings is 2. The molecule has 0 saturated carbocycles. The number of aliphatic imine (C=N–C) groups is 1. The van der Waals surface area contributed by atoms with Crippen molar-refractivity contribution in [1.82, 2.24) is 15.3 Å². The third kappa shape index (κ3) is 3.18. The van der Waals surface area contributed by atoms with Gasteiger partial charge in [0.25, 0.3) is 5.91 Å². The first kappa shape index (κ1) is 11.8. The normalized spacial score (nSPS) is 10.5. The average molecular weight is 244 g/mol. The average Bonchev–Trinajstić information content (AvgIpc) is 2.40. The number of hydrogen-bond acceptors (Lipinski definition) is 4. The molecule has 0 fully saturated rings. The zero-order valence-corrected chi connectivity index (χ0v) is 9.25. The van der Waals surface area contributed by atoms with Crippen molar-refractivity contribution in [3.63, 3.8) is 0 Å². The number of carbonyl (C=O) groups is 1. The van der Waals surface area contributed by atoms with Crippen molar-refractivity contribution in [2.24, 2.45) is 4.99 Å². The Bertz CT molecular complexity index is 554. The summed E-state index contributed by atoms with van der Waals surface area (Å²) in [4.78, 5) is 23.0. The Kier molecular flexibility index (Phi) is 3.70. The number of amides is 1. The maximum absolute atomic E-state index is 12.6. The van der Waals surface area contributed by atoms with Gasteiger partial charge in [-0.3, -0.25) is 9.78 Å². The van der Waals surface area contributed by atoms with Gasteiger partial charge in [0.2, 0.25) is 0 Å². The van der Waals surface area contributed by atoms with Crippen LogP contribution in [0.3, 0.4) is 0 Å².